The molecule has 2 aromatic carbocycles. The summed E-state index contributed by atoms with van der Waals surface area (Å²) in [4.78, 5) is 24.4. The van der Waals surface area contributed by atoms with Crippen molar-refractivity contribution < 1.29 is 18.7 Å². The Balaban J connectivity index is 1.68. The molecule has 2 aromatic rings. The molecule has 130 valence electrons. The van der Waals surface area contributed by atoms with E-state index in [4.69, 9.17) is 4.74 Å². The van der Waals surface area contributed by atoms with Crippen LogP contribution in [0.25, 0.3) is 0 Å². The van der Waals surface area contributed by atoms with Crippen LogP contribution in [0.15, 0.2) is 42.5 Å². The Labute approximate surface area is 145 Å². The minimum absolute atomic E-state index is 0.212. The van der Waals surface area contributed by atoms with Crippen LogP contribution in [0.3, 0.4) is 0 Å². The van der Waals surface area contributed by atoms with Crippen LogP contribution in [0.2, 0.25) is 0 Å². The maximum atomic E-state index is 13.6. The highest BCUT2D eigenvalue weighted by molar-refractivity contribution is 6.05. The van der Waals surface area contributed by atoms with Crippen LogP contribution in [0.4, 0.5) is 15.8 Å². The molecule has 1 heterocycles. The number of halogens is 1. The van der Waals surface area contributed by atoms with E-state index in [-0.39, 0.29) is 17.6 Å². The maximum absolute atomic E-state index is 13.6. The van der Waals surface area contributed by atoms with Gasteiger partial charge >= 0.3 is 0 Å². The molecule has 0 aromatic heterocycles. The minimum Gasteiger partial charge on any atom is -0.368 e. The summed E-state index contributed by atoms with van der Waals surface area (Å²) in [6.45, 7) is 2.24. The third kappa shape index (κ3) is 4.22. The van der Waals surface area contributed by atoms with Gasteiger partial charge < -0.3 is 15.4 Å². The lowest BCUT2D eigenvalue weighted by Gasteiger charge is -2.11. The van der Waals surface area contributed by atoms with Crippen molar-refractivity contribution in [1.82, 2.24) is 0 Å². The lowest BCUT2D eigenvalue weighted by Crippen LogP contribution is -2.27. The van der Waals surface area contributed by atoms with Crippen molar-refractivity contribution in [2.24, 2.45) is 0 Å². The lowest BCUT2D eigenvalue weighted by molar-refractivity contribution is -0.124. The number of carbonyl (C=O) groups is 2. The van der Waals surface area contributed by atoms with Crippen molar-refractivity contribution in [2.45, 2.75) is 25.9 Å². The fourth-order valence-electron chi connectivity index (χ4n) is 2.62. The molecule has 0 spiro atoms. The van der Waals surface area contributed by atoms with Crippen molar-refractivity contribution in [3.05, 3.63) is 59.4 Å². The fourth-order valence-corrected chi connectivity index (χ4v) is 2.62. The normalized spacial score (nSPS) is 16.5. The average Bonchev–Trinajstić information content (AvgIpc) is 3.13. The number of aryl methyl sites for hydroxylation is 1. The monoisotopic (exact) mass is 342 g/mol. The van der Waals surface area contributed by atoms with Crippen LogP contribution >= 0.6 is 0 Å². The summed E-state index contributed by atoms with van der Waals surface area (Å²) < 4.78 is 18.9. The molecule has 1 aliphatic rings. The average molecular weight is 342 g/mol. The summed E-state index contributed by atoms with van der Waals surface area (Å²) in [5.74, 6) is -0.970. The highest BCUT2D eigenvalue weighted by Crippen LogP contribution is 2.18. The van der Waals surface area contributed by atoms with E-state index in [1.165, 1.54) is 6.07 Å². The third-order valence-corrected chi connectivity index (χ3v) is 4.04. The van der Waals surface area contributed by atoms with E-state index in [0.29, 0.717) is 35.5 Å². The van der Waals surface area contributed by atoms with Crippen LogP contribution in [0, 0.1) is 12.7 Å². The Morgan fingerprint density at radius 3 is 2.64 bits per heavy atom. The van der Waals surface area contributed by atoms with Gasteiger partial charge in [0.15, 0.2) is 0 Å². The van der Waals surface area contributed by atoms with Crippen molar-refractivity contribution in [1.29, 1.82) is 0 Å². The molecular weight excluding hydrogens is 323 g/mol. The van der Waals surface area contributed by atoms with Crippen LogP contribution in [0.5, 0.6) is 0 Å². The second-order valence-electron chi connectivity index (χ2n) is 5.99. The summed E-state index contributed by atoms with van der Waals surface area (Å²) >= 11 is 0. The summed E-state index contributed by atoms with van der Waals surface area (Å²) in [7, 11) is 0. The lowest BCUT2D eigenvalue weighted by atomic mass is 10.1. The van der Waals surface area contributed by atoms with Gasteiger partial charge in [-0.15, -0.1) is 0 Å². The molecule has 1 saturated heterocycles. The van der Waals surface area contributed by atoms with Gasteiger partial charge in [0.05, 0.1) is 0 Å². The van der Waals surface area contributed by atoms with Gasteiger partial charge in [-0.05, 0) is 55.7 Å². The summed E-state index contributed by atoms with van der Waals surface area (Å²) in [6.07, 6.45) is 1.13. The number of amides is 2. The highest BCUT2D eigenvalue weighted by atomic mass is 19.1. The first-order valence-corrected chi connectivity index (χ1v) is 8.13. The van der Waals surface area contributed by atoms with E-state index < -0.39 is 6.10 Å². The van der Waals surface area contributed by atoms with Gasteiger partial charge in [-0.25, -0.2) is 4.39 Å². The number of rotatable bonds is 4. The standard InChI is InChI=1S/C19H19FN2O3/c1-12-7-8-15(11-16(12)20)21-18(23)13-4-2-5-14(10-13)22-19(24)17-6-3-9-25-17/h2,4-5,7-8,10-11,17H,3,6,9H2,1H3,(H,21,23)(H,22,24). The van der Waals surface area contributed by atoms with E-state index in [0.717, 1.165) is 6.42 Å². The number of carbonyl (C=O) groups excluding carboxylic acids is 2. The van der Waals surface area contributed by atoms with Crippen molar-refractivity contribution in [3.8, 4) is 0 Å². The van der Waals surface area contributed by atoms with E-state index in [1.807, 2.05) is 0 Å². The van der Waals surface area contributed by atoms with Crippen molar-refractivity contribution >= 4 is 23.2 Å². The van der Waals surface area contributed by atoms with Crippen LogP contribution < -0.4 is 10.6 Å². The first-order chi connectivity index (χ1) is 12.0. The molecule has 2 amide bonds. The molecule has 1 atom stereocenters. The Kier molecular flexibility index (Phi) is 5.09. The summed E-state index contributed by atoms with van der Waals surface area (Å²) in [6, 6.07) is 11.1. The van der Waals surface area contributed by atoms with E-state index in [1.54, 1.807) is 43.3 Å². The molecule has 5 nitrogen and oxygen atoms in total. The second-order valence-corrected chi connectivity index (χ2v) is 5.99. The first kappa shape index (κ1) is 17.1. The Morgan fingerprint density at radius 2 is 1.92 bits per heavy atom. The molecule has 0 aliphatic carbocycles. The predicted octanol–water partition coefficient (Wildman–Crippen LogP) is 3.50. The topological polar surface area (TPSA) is 67.4 Å². The zero-order chi connectivity index (χ0) is 17.8. The zero-order valence-electron chi connectivity index (χ0n) is 13.8. The largest absolute Gasteiger partial charge is 0.368 e. The third-order valence-electron chi connectivity index (χ3n) is 4.04. The molecule has 0 radical (unpaired) electrons. The fraction of sp³-hybridized carbons (Fsp3) is 0.263. The molecular formula is C19H19FN2O3. The van der Waals surface area contributed by atoms with Crippen LogP contribution in [0.1, 0.15) is 28.8 Å². The molecule has 1 unspecified atom stereocenters. The molecule has 2 N–H and O–H groups in total. The number of anilines is 2. The molecule has 25 heavy (non-hydrogen) atoms. The quantitative estimate of drug-likeness (QED) is 0.893. The Morgan fingerprint density at radius 1 is 1.12 bits per heavy atom. The molecule has 3 rings (SSSR count). The SMILES string of the molecule is Cc1ccc(NC(=O)c2cccc(NC(=O)C3CCCO3)c2)cc1F. The zero-order valence-corrected chi connectivity index (χ0v) is 13.8. The highest BCUT2D eigenvalue weighted by Gasteiger charge is 2.23. The van der Waals surface area contributed by atoms with Crippen molar-refractivity contribution in [3.63, 3.8) is 0 Å². The van der Waals surface area contributed by atoms with E-state index in [2.05, 4.69) is 10.6 Å². The van der Waals surface area contributed by atoms with E-state index in [9.17, 15) is 14.0 Å². The Bertz CT molecular complexity index is 801. The molecule has 6 heteroatoms. The van der Waals surface area contributed by atoms with Gasteiger partial charge in [-0.2, -0.15) is 0 Å². The minimum atomic E-state index is -0.437. The second kappa shape index (κ2) is 7.44. The van der Waals surface area contributed by atoms with E-state index >= 15 is 0 Å². The smallest absolute Gasteiger partial charge is 0.255 e. The van der Waals surface area contributed by atoms with Gasteiger partial charge in [0.2, 0.25) is 0 Å². The number of nitrogens with one attached hydrogen (secondary N) is 2. The van der Waals surface area contributed by atoms with Gasteiger partial charge in [-0.1, -0.05) is 12.1 Å². The molecule has 1 fully saturated rings. The number of hydrogen-bond acceptors (Lipinski definition) is 3. The van der Waals surface area contributed by atoms with Gasteiger partial charge in [0.25, 0.3) is 11.8 Å². The number of hydrogen-bond donors (Lipinski definition) is 2. The molecule has 1 aliphatic heterocycles. The van der Waals surface area contributed by atoms with Gasteiger partial charge in [0.1, 0.15) is 11.9 Å². The van der Waals surface area contributed by atoms with Crippen molar-refractivity contribution in [2.75, 3.05) is 17.2 Å². The Hall–Kier alpha value is -2.73. The maximum Gasteiger partial charge on any atom is 0.255 e. The summed E-state index contributed by atoms with van der Waals surface area (Å²) in [5, 5.41) is 5.40. The first-order valence-electron chi connectivity index (χ1n) is 8.13. The van der Waals surface area contributed by atoms with Gasteiger partial charge in [0, 0.05) is 23.5 Å². The summed E-state index contributed by atoms with van der Waals surface area (Å²) in [5.41, 5.74) is 1.77. The van der Waals surface area contributed by atoms with Crippen LogP contribution in [-0.4, -0.2) is 24.5 Å². The van der Waals surface area contributed by atoms with Crippen LogP contribution in [-0.2, 0) is 9.53 Å². The number of ether oxygens (including phenoxy) is 1. The molecule has 0 bridgehead atoms. The number of benzene rings is 2. The predicted molar refractivity (Wildman–Crippen MR) is 93.1 cm³/mol. The molecule has 0 saturated carbocycles. The van der Waals surface area contributed by atoms with Gasteiger partial charge in [-0.3, -0.25) is 9.59 Å².